The van der Waals surface area contributed by atoms with E-state index in [2.05, 4.69) is 22.6 Å². The van der Waals surface area contributed by atoms with Gasteiger partial charge in [-0.1, -0.05) is 23.7 Å². The Hall–Kier alpha value is -1.47. The van der Waals surface area contributed by atoms with Gasteiger partial charge in [-0.3, -0.25) is 0 Å². The molecule has 2 aromatic carbocycles. The van der Waals surface area contributed by atoms with Gasteiger partial charge in [0.25, 0.3) is 0 Å². The normalized spacial score (nSPS) is 10.3. The maximum atomic E-state index is 11.9. The van der Waals surface area contributed by atoms with E-state index < -0.39 is 0 Å². The van der Waals surface area contributed by atoms with Crippen molar-refractivity contribution in [2.75, 3.05) is 13.7 Å². The van der Waals surface area contributed by atoms with E-state index >= 15 is 0 Å². The molecule has 0 amide bonds. The third-order valence-electron chi connectivity index (χ3n) is 3.04. The number of benzene rings is 2. The molecule has 6 heteroatoms. The molecule has 0 aliphatic heterocycles. The highest BCUT2D eigenvalue weighted by molar-refractivity contribution is 14.1. The van der Waals surface area contributed by atoms with E-state index in [-0.39, 0.29) is 5.97 Å². The smallest absolute Gasteiger partial charge is 0.338 e. The van der Waals surface area contributed by atoms with E-state index in [9.17, 15) is 4.79 Å². The second-order valence-corrected chi connectivity index (χ2v) is 6.22. The van der Waals surface area contributed by atoms with Crippen molar-refractivity contribution in [3.8, 4) is 11.5 Å². The first-order valence-electron chi connectivity index (χ1n) is 6.97. The second-order valence-electron chi connectivity index (χ2n) is 4.63. The predicted octanol–water partition coefficient (Wildman–Crippen LogP) is 4.71. The highest BCUT2D eigenvalue weighted by Crippen LogP contribution is 2.34. The van der Waals surface area contributed by atoms with E-state index in [1.807, 2.05) is 24.3 Å². The fourth-order valence-electron chi connectivity index (χ4n) is 1.93. The van der Waals surface area contributed by atoms with Crippen molar-refractivity contribution in [3.05, 3.63) is 56.1 Å². The number of rotatable bonds is 6. The minimum Gasteiger partial charge on any atom is -0.493 e. The molecule has 0 aliphatic rings. The van der Waals surface area contributed by atoms with Crippen LogP contribution in [0, 0.1) is 3.57 Å². The molecule has 0 N–H and O–H groups in total. The van der Waals surface area contributed by atoms with E-state index in [0.29, 0.717) is 35.3 Å². The third-order valence-corrected chi connectivity index (χ3v) is 4.09. The lowest BCUT2D eigenvalue weighted by Crippen LogP contribution is -2.07. The molecule has 0 unspecified atom stereocenters. The fourth-order valence-corrected chi connectivity index (χ4v) is 2.81. The third kappa shape index (κ3) is 4.75. The van der Waals surface area contributed by atoms with Gasteiger partial charge in [-0.25, -0.2) is 4.79 Å². The van der Waals surface area contributed by atoms with Crippen LogP contribution in [-0.4, -0.2) is 19.7 Å². The zero-order valence-electron chi connectivity index (χ0n) is 12.8. The van der Waals surface area contributed by atoms with Gasteiger partial charge in [-0.05, 0) is 59.3 Å². The van der Waals surface area contributed by atoms with Crippen LogP contribution in [0.25, 0.3) is 0 Å². The molecule has 0 bridgehead atoms. The van der Waals surface area contributed by atoms with E-state index in [4.69, 9.17) is 25.8 Å². The SMILES string of the molecule is CCOC(=O)c1cc(I)c(OCc2ccc(Cl)cc2)c(OC)c1. The molecule has 0 fully saturated rings. The Morgan fingerprint density at radius 1 is 1.22 bits per heavy atom. The quantitative estimate of drug-likeness (QED) is 0.476. The van der Waals surface area contributed by atoms with Gasteiger partial charge in [0.05, 0.1) is 22.9 Å². The van der Waals surface area contributed by atoms with Gasteiger partial charge in [-0.15, -0.1) is 0 Å². The lowest BCUT2D eigenvalue weighted by atomic mass is 10.2. The highest BCUT2D eigenvalue weighted by Gasteiger charge is 2.16. The van der Waals surface area contributed by atoms with Crippen LogP contribution in [0.5, 0.6) is 11.5 Å². The number of carbonyl (C=O) groups is 1. The molecule has 0 aromatic heterocycles. The molecule has 0 spiro atoms. The lowest BCUT2D eigenvalue weighted by Gasteiger charge is -2.14. The zero-order chi connectivity index (χ0) is 16.8. The Morgan fingerprint density at radius 2 is 1.91 bits per heavy atom. The molecule has 0 radical (unpaired) electrons. The van der Waals surface area contributed by atoms with E-state index in [1.165, 1.54) is 7.11 Å². The number of ether oxygens (including phenoxy) is 3. The van der Waals surface area contributed by atoms with Crippen molar-refractivity contribution >= 4 is 40.2 Å². The largest absolute Gasteiger partial charge is 0.493 e. The van der Waals surface area contributed by atoms with Gasteiger partial charge < -0.3 is 14.2 Å². The first kappa shape index (κ1) is 17.9. The van der Waals surface area contributed by atoms with Crippen molar-refractivity contribution < 1.29 is 19.0 Å². The molecular formula is C17H16ClIO4. The monoisotopic (exact) mass is 446 g/mol. The van der Waals surface area contributed by atoms with Crippen molar-refractivity contribution in [1.82, 2.24) is 0 Å². The summed E-state index contributed by atoms with van der Waals surface area (Å²) >= 11 is 7.98. The predicted molar refractivity (Wildman–Crippen MR) is 97.5 cm³/mol. The maximum absolute atomic E-state index is 11.9. The van der Waals surface area contributed by atoms with Gasteiger partial charge in [0, 0.05) is 5.02 Å². The Balaban J connectivity index is 2.20. The average molecular weight is 447 g/mol. The zero-order valence-corrected chi connectivity index (χ0v) is 15.7. The Labute approximate surface area is 153 Å². The lowest BCUT2D eigenvalue weighted by molar-refractivity contribution is 0.0525. The standard InChI is InChI=1S/C17H16ClIO4/c1-3-22-17(20)12-8-14(19)16(15(9-12)21-2)23-10-11-4-6-13(18)7-5-11/h4-9H,3,10H2,1-2H3. The van der Waals surface area contributed by atoms with Crippen LogP contribution in [-0.2, 0) is 11.3 Å². The summed E-state index contributed by atoms with van der Waals surface area (Å²) < 4.78 is 17.0. The van der Waals surface area contributed by atoms with Crippen LogP contribution >= 0.6 is 34.2 Å². The summed E-state index contributed by atoms with van der Waals surface area (Å²) in [5.41, 5.74) is 1.42. The number of carbonyl (C=O) groups excluding carboxylic acids is 1. The van der Waals surface area contributed by atoms with Gasteiger partial charge >= 0.3 is 5.97 Å². The topological polar surface area (TPSA) is 44.8 Å². The first-order valence-corrected chi connectivity index (χ1v) is 8.42. The number of hydrogen-bond donors (Lipinski definition) is 0. The summed E-state index contributed by atoms with van der Waals surface area (Å²) in [4.78, 5) is 11.9. The first-order chi connectivity index (χ1) is 11.0. The van der Waals surface area contributed by atoms with Gasteiger partial charge in [-0.2, -0.15) is 0 Å². The average Bonchev–Trinajstić information content (AvgIpc) is 2.54. The van der Waals surface area contributed by atoms with Crippen LogP contribution in [0.2, 0.25) is 5.02 Å². The minimum absolute atomic E-state index is 0.326. The molecule has 23 heavy (non-hydrogen) atoms. The van der Waals surface area contributed by atoms with Crippen molar-refractivity contribution in [2.45, 2.75) is 13.5 Å². The summed E-state index contributed by atoms with van der Waals surface area (Å²) in [5, 5.41) is 0.680. The summed E-state index contributed by atoms with van der Waals surface area (Å²) in [6.45, 7) is 2.47. The van der Waals surface area contributed by atoms with Crippen molar-refractivity contribution in [3.63, 3.8) is 0 Å². The van der Waals surface area contributed by atoms with Gasteiger partial charge in [0.1, 0.15) is 6.61 Å². The number of hydrogen-bond acceptors (Lipinski definition) is 4. The summed E-state index contributed by atoms with van der Waals surface area (Å²) in [6, 6.07) is 10.8. The molecule has 0 atom stereocenters. The molecule has 0 heterocycles. The van der Waals surface area contributed by atoms with Crippen LogP contribution in [0.4, 0.5) is 0 Å². The van der Waals surface area contributed by atoms with Crippen LogP contribution in [0.15, 0.2) is 36.4 Å². The molecule has 0 saturated carbocycles. The molecule has 0 saturated heterocycles. The van der Waals surface area contributed by atoms with Gasteiger partial charge in [0.2, 0.25) is 0 Å². The maximum Gasteiger partial charge on any atom is 0.338 e. The van der Waals surface area contributed by atoms with E-state index in [0.717, 1.165) is 9.13 Å². The van der Waals surface area contributed by atoms with Crippen LogP contribution in [0.1, 0.15) is 22.8 Å². The van der Waals surface area contributed by atoms with Crippen LogP contribution in [0.3, 0.4) is 0 Å². The summed E-state index contributed by atoms with van der Waals surface area (Å²) in [6.07, 6.45) is 0. The number of halogens is 2. The fraction of sp³-hybridized carbons (Fsp3) is 0.235. The van der Waals surface area contributed by atoms with Gasteiger partial charge in [0.15, 0.2) is 11.5 Å². The Kier molecular flexibility index (Phi) is 6.53. The molecule has 0 aliphatic carbocycles. The number of methoxy groups -OCH3 is 1. The molecule has 4 nitrogen and oxygen atoms in total. The second kappa shape index (κ2) is 8.40. The molecule has 122 valence electrons. The molecule has 2 rings (SSSR count). The summed E-state index contributed by atoms with van der Waals surface area (Å²) in [5.74, 6) is 0.706. The Morgan fingerprint density at radius 3 is 2.52 bits per heavy atom. The number of esters is 1. The van der Waals surface area contributed by atoms with Crippen molar-refractivity contribution in [2.24, 2.45) is 0 Å². The Bertz CT molecular complexity index is 686. The summed E-state index contributed by atoms with van der Waals surface area (Å²) in [7, 11) is 1.54. The van der Waals surface area contributed by atoms with Crippen molar-refractivity contribution in [1.29, 1.82) is 0 Å². The highest BCUT2D eigenvalue weighted by atomic mass is 127. The minimum atomic E-state index is -0.382. The van der Waals surface area contributed by atoms with Crippen LogP contribution < -0.4 is 9.47 Å². The molecule has 2 aromatic rings. The molecular weight excluding hydrogens is 431 g/mol. The van der Waals surface area contributed by atoms with E-state index in [1.54, 1.807) is 19.1 Å².